The van der Waals surface area contributed by atoms with Crippen LogP contribution in [-0.4, -0.2) is 7.11 Å². The van der Waals surface area contributed by atoms with Gasteiger partial charge < -0.3 is 4.74 Å². The molecule has 230 valence electrons. The van der Waals surface area contributed by atoms with Crippen LogP contribution in [0.3, 0.4) is 0 Å². The van der Waals surface area contributed by atoms with Crippen molar-refractivity contribution in [2.24, 2.45) is 5.41 Å². The highest BCUT2D eigenvalue weighted by Crippen LogP contribution is 2.43. The maximum absolute atomic E-state index is 5.99. The van der Waals surface area contributed by atoms with Crippen molar-refractivity contribution >= 4 is 32.3 Å². The zero-order valence-corrected chi connectivity index (χ0v) is 27.7. The van der Waals surface area contributed by atoms with E-state index in [0.717, 1.165) is 46.2 Å². The molecule has 0 aliphatic heterocycles. The average Bonchev–Trinajstić information content (AvgIpc) is 3.10. The van der Waals surface area contributed by atoms with E-state index in [1.807, 2.05) is 0 Å². The maximum Gasteiger partial charge on any atom is 0.127 e. The fraction of sp³-hybridized carbons (Fsp3) is 0.174. The lowest BCUT2D eigenvalue weighted by Gasteiger charge is -2.32. The maximum atomic E-state index is 5.99. The van der Waals surface area contributed by atoms with Gasteiger partial charge in [-0.25, -0.2) is 0 Å². The first-order chi connectivity index (χ1) is 22.9. The van der Waals surface area contributed by atoms with Crippen molar-refractivity contribution in [3.63, 3.8) is 0 Å². The molecular formula is C46H40O. The lowest BCUT2D eigenvalue weighted by molar-refractivity contribution is 0.305. The van der Waals surface area contributed by atoms with Crippen LogP contribution in [0.4, 0.5) is 0 Å². The second kappa shape index (κ2) is 12.8. The van der Waals surface area contributed by atoms with Crippen LogP contribution in [0, 0.1) is 17.3 Å². The van der Waals surface area contributed by atoms with Crippen molar-refractivity contribution < 1.29 is 4.74 Å². The van der Waals surface area contributed by atoms with E-state index in [0.29, 0.717) is 5.92 Å². The molecule has 1 heteroatoms. The molecule has 0 saturated carbocycles. The first-order valence-corrected chi connectivity index (χ1v) is 16.6. The summed E-state index contributed by atoms with van der Waals surface area (Å²) in [4.78, 5) is 0. The van der Waals surface area contributed by atoms with Crippen LogP contribution in [0.25, 0.3) is 43.4 Å². The van der Waals surface area contributed by atoms with Crippen LogP contribution in [0.15, 0.2) is 140 Å². The monoisotopic (exact) mass is 608 g/mol. The van der Waals surface area contributed by atoms with E-state index in [1.165, 1.54) is 38.1 Å². The smallest absolute Gasteiger partial charge is 0.127 e. The minimum atomic E-state index is 0.126. The van der Waals surface area contributed by atoms with Gasteiger partial charge in [0, 0.05) is 22.3 Å². The number of fused-ring (bicyclic) bond motifs is 3. The van der Waals surface area contributed by atoms with Crippen LogP contribution >= 0.6 is 0 Å². The van der Waals surface area contributed by atoms with Crippen LogP contribution < -0.4 is 4.74 Å². The summed E-state index contributed by atoms with van der Waals surface area (Å²) < 4.78 is 5.99. The molecule has 7 aromatic carbocycles. The minimum Gasteiger partial charge on any atom is -0.496 e. The highest BCUT2D eigenvalue weighted by atomic mass is 16.5. The van der Waals surface area contributed by atoms with Crippen molar-refractivity contribution in [2.45, 2.75) is 39.5 Å². The Bertz CT molecular complexity index is 2290. The molecule has 0 aromatic heterocycles. The summed E-state index contributed by atoms with van der Waals surface area (Å²) in [6.07, 6.45) is 2.01. The zero-order chi connectivity index (χ0) is 32.4. The van der Waals surface area contributed by atoms with Crippen molar-refractivity contribution in [2.75, 3.05) is 7.11 Å². The molecule has 0 aliphatic rings. The summed E-state index contributed by atoms with van der Waals surface area (Å²) >= 11 is 0. The van der Waals surface area contributed by atoms with E-state index < -0.39 is 0 Å². The highest BCUT2D eigenvalue weighted by molar-refractivity contribution is 6.09. The number of rotatable bonds is 6. The van der Waals surface area contributed by atoms with Gasteiger partial charge in [0.25, 0.3) is 0 Å². The van der Waals surface area contributed by atoms with Crippen molar-refractivity contribution in [1.29, 1.82) is 0 Å². The second-order valence-electron chi connectivity index (χ2n) is 13.5. The van der Waals surface area contributed by atoms with Crippen molar-refractivity contribution in [3.8, 4) is 28.7 Å². The van der Waals surface area contributed by atoms with Gasteiger partial charge in [-0.2, -0.15) is 0 Å². The second-order valence-corrected chi connectivity index (χ2v) is 13.5. The van der Waals surface area contributed by atoms with E-state index >= 15 is 0 Å². The number of aryl methyl sites for hydroxylation is 1. The Morgan fingerprint density at radius 1 is 0.553 bits per heavy atom. The molecule has 0 bridgehead atoms. The number of benzene rings is 7. The van der Waals surface area contributed by atoms with Gasteiger partial charge in [-0.1, -0.05) is 154 Å². The van der Waals surface area contributed by atoms with Gasteiger partial charge in [0.1, 0.15) is 5.75 Å². The molecule has 0 saturated heterocycles. The molecule has 0 radical (unpaired) electrons. The molecule has 7 rings (SSSR count). The van der Waals surface area contributed by atoms with Crippen LogP contribution in [0.2, 0.25) is 0 Å². The molecule has 0 aliphatic carbocycles. The van der Waals surface area contributed by atoms with Crippen molar-refractivity contribution in [3.05, 3.63) is 162 Å². The fourth-order valence-electron chi connectivity index (χ4n) is 7.14. The average molecular weight is 609 g/mol. The number of methoxy groups -OCH3 is 1. The summed E-state index contributed by atoms with van der Waals surface area (Å²) in [7, 11) is 1.75. The third kappa shape index (κ3) is 6.13. The Morgan fingerprint density at radius 3 is 1.85 bits per heavy atom. The topological polar surface area (TPSA) is 9.23 Å². The molecule has 0 fully saturated rings. The molecule has 1 nitrogen and oxygen atoms in total. The molecule has 0 spiro atoms. The van der Waals surface area contributed by atoms with E-state index in [-0.39, 0.29) is 5.41 Å². The van der Waals surface area contributed by atoms with Gasteiger partial charge in [0.05, 0.1) is 7.11 Å². The lowest BCUT2D eigenvalue weighted by atomic mass is 9.73. The van der Waals surface area contributed by atoms with E-state index in [1.54, 1.807) is 7.11 Å². The van der Waals surface area contributed by atoms with Crippen LogP contribution in [-0.2, 0) is 6.42 Å². The molecule has 1 atom stereocenters. The normalized spacial score (nSPS) is 12.2. The highest BCUT2D eigenvalue weighted by Gasteiger charge is 2.26. The Labute approximate surface area is 278 Å². The van der Waals surface area contributed by atoms with Gasteiger partial charge in [-0.05, 0) is 85.8 Å². The Balaban J connectivity index is 1.29. The summed E-state index contributed by atoms with van der Waals surface area (Å²) in [5, 5.41) is 7.29. The van der Waals surface area contributed by atoms with Crippen molar-refractivity contribution in [1.82, 2.24) is 0 Å². The number of hydrogen-bond donors (Lipinski definition) is 0. The molecule has 47 heavy (non-hydrogen) atoms. The van der Waals surface area contributed by atoms with E-state index in [9.17, 15) is 0 Å². The quantitative estimate of drug-likeness (QED) is 0.171. The fourth-order valence-corrected chi connectivity index (χ4v) is 7.14. The van der Waals surface area contributed by atoms with E-state index in [4.69, 9.17) is 4.74 Å². The third-order valence-electron chi connectivity index (χ3n) is 9.56. The Kier molecular flexibility index (Phi) is 8.28. The predicted octanol–water partition coefficient (Wildman–Crippen LogP) is 12.0. The summed E-state index contributed by atoms with van der Waals surface area (Å²) in [5.74, 6) is 8.53. The van der Waals surface area contributed by atoms with Crippen LogP contribution in [0.5, 0.6) is 5.75 Å². The van der Waals surface area contributed by atoms with E-state index in [2.05, 4.69) is 172 Å². The molecule has 0 heterocycles. The van der Waals surface area contributed by atoms with Crippen LogP contribution in [0.1, 0.15) is 55.4 Å². The largest absolute Gasteiger partial charge is 0.496 e. The first-order valence-electron chi connectivity index (χ1n) is 16.6. The molecule has 7 aromatic rings. The molecule has 0 amide bonds. The number of ether oxygens (including phenoxy) is 1. The van der Waals surface area contributed by atoms with Gasteiger partial charge in [0.15, 0.2) is 0 Å². The molecule has 0 N–H and O–H groups in total. The Hall–Kier alpha value is -5.32. The lowest BCUT2D eigenvalue weighted by Crippen LogP contribution is -2.19. The van der Waals surface area contributed by atoms with Gasteiger partial charge in [-0.15, -0.1) is 0 Å². The number of hydrogen-bond acceptors (Lipinski definition) is 1. The minimum absolute atomic E-state index is 0.126. The third-order valence-corrected chi connectivity index (χ3v) is 9.56. The predicted molar refractivity (Wildman–Crippen MR) is 200 cm³/mol. The van der Waals surface area contributed by atoms with Gasteiger partial charge >= 0.3 is 0 Å². The first kappa shape index (κ1) is 30.3. The zero-order valence-electron chi connectivity index (χ0n) is 27.7. The Morgan fingerprint density at radius 2 is 1.13 bits per heavy atom. The van der Waals surface area contributed by atoms with Gasteiger partial charge in [0.2, 0.25) is 0 Å². The summed E-state index contributed by atoms with van der Waals surface area (Å²) in [6, 6.07) is 50.0. The standard InChI is InChI=1S/C46H40O/c1-46(2,3)42(39-26-22-34-15-7-8-18-38(34)31-39)29-27-33-14-6-5-13-32(33)21-24-37-25-23-35-16-9-11-19-40(35)44(37)45-41-20-12-10-17-36(41)28-30-43(45)47-4/h5-20,22-23,25-26,28,30-31,42H,27,29H2,1-4H3. The summed E-state index contributed by atoms with van der Waals surface area (Å²) in [5.41, 5.74) is 7.11. The molecular weight excluding hydrogens is 569 g/mol. The molecule has 1 unspecified atom stereocenters. The van der Waals surface area contributed by atoms with Gasteiger partial charge in [-0.3, -0.25) is 0 Å². The SMILES string of the molecule is COc1ccc2ccccc2c1-c1c(C#Cc2ccccc2CCC(c2ccc3ccccc3c2)C(C)(C)C)ccc2ccccc12. The summed E-state index contributed by atoms with van der Waals surface area (Å²) in [6.45, 7) is 7.09.